The largest absolute Gasteiger partial charge is 0.509 e. The van der Waals surface area contributed by atoms with E-state index in [9.17, 15) is 0 Å². The third-order valence-corrected chi connectivity index (χ3v) is 1.87. The van der Waals surface area contributed by atoms with Crippen LogP contribution in [0.3, 0.4) is 0 Å². The molecule has 0 aromatic rings. The van der Waals surface area contributed by atoms with Crippen molar-refractivity contribution in [3.63, 3.8) is 0 Å². The van der Waals surface area contributed by atoms with Crippen LogP contribution in [0.15, 0.2) is 24.5 Å². The number of nitrogens with zero attached hydrogens (tertiary/aromatic N) is 1. The summed E-state index contributed by atoms with van der Waals surface area (Å²) in [6, 6.07) is 0.784. The summed E-state index contributed by atoms with van der Waals surface area (Å²) < 4.78 is 0. The molecule has 0 aromatic heterocycles. The Labute approximate surface area is 67.8 Å². The highest BCUT2D eigenvalue weighted by atomic mass is 16.3. The number of rotatable bonds is 4. The predicted molar refractivity (Wildman–Crippen MR) is 46.6 cm³/mol. The van der Waals surface area contributed by atoms with E-state index >= 15 is 0 Å². The summed E-state index contributed by atoms with van der Waals surface area (Å²) in [7, 11) is 2.10. The van der Waals surface area contributed by atoms with Crippen LogP contribution in [0.4, 0.5) is 0 Å². The van der Waals surface area contributed by atoms with E-state index in [1.54, 1.807) is 6.08 Å². The molecule has 1 saturated carbocycles. The molecule has 0 heterocycles. The van der Waals surface area contributed by atoms with Gasteiger partial charge < -0.3 is 5.11 Å². The minimum absolute atomic E-state index is 0.134. The first-order chi connectivity index (χ1) is 5.20. The number of hydrogen-bond acceptors (Lipinski definition) is 2. The molecule has 1 rings (SSSR count). The Kier molecular flexibility index (Phi) is 2.71. The molecule has 0 bridgehead atoms. The lowest BCUT2D eigenvalue weighted by atomic mass is 10.4. The fourth-order valence-corrected chi connectivity index (χ4v) is 1.02. The van der Waals surface area contributed by atoms with Crippen molar-refractivity contribution in [2.24, 2.45) is 0 Å². The molecular weight excluding hydrogens is 138 g/mol. The van der Waals surface area contributed by atoms with Crippen LogP contribution in [0.2, 0.25) is 0 Å². The second kappa shape index (κ2) is 3.58. The Hall–Kier alpha value is -0.760. The Morgan fingerprint density at radius 3 is 2.82 bits per heavy atom. The molecule has 1 N–H and O–H groups in total. The molecule has 0 amide bonds. The van der Waals surface area contributed by atoms with E-state index in [4.69, 9.17) is 5.11 Å². The number of aliphatic hydroxyl groups is 1. The van der Waals surface area contributed by atoms with Crippen molar-refractivity contribution in [1.29, 1.82) is 0 Å². The Balaban J connectivity index is 2.14. The first kappa shape index (κ1) is 8.34. The van der Waals surface area contributed by atoms with Gasteiger partial charge in [-0.3, -0.25) is 4.90 Å². The maximum Gasteiger partial charge on any atom is 0.108 e. The Morgan fingerprint density at radius 2 is 2.36 bits per heavy atom. The van der Waals surface area contributed by atoms with E-state index in [-0.39, 0.29) is 5.76 Å². The first-order valence-electron chi connectivity index (χ1n) is 3.95. The molecular formula is C9H15NO. The normalized spacial score (nSPS) is 18.0. The van der Waals surface area contributed by atoms with E-state index in [1.165, 1.54) is 12.8 Å². The van der Waals surface area contributed by atoms with E-state index in [2.05, 4.69) is 18.5 Å². The van der Waals surface area contributed by atoms with Crippen molar-refractivity contribution in [1.82, 2.24) is 4.90 Å². The third-order valence-electron chi connectivity index (χ3n) is 1.87. The maximum atomic E-state index is 8.72. The highest BCUT2D eigenvalue weighted by molar-refractivity contribution is 5.06. The lowest BCUT2D eigenvalue weighted by Crippen LogP contribution is -2.20. The van der Waals surface area contributed by atoms with E-state index in [1.807, 2.05) is 6.08 Å². The standard InChI is InChI=1S/C9H15NO/c1-8(11)4-3-7-10(2)9-5-6-9/h3-4,9,11H,1,5-7H2,2H3/b4-3+. The van der Waals surface area contributed by atoms with Gasteiger partial charge in [0.25, 0.3) is 0 Å². The summed E-state index contributed by atoms with van der Waals surface area (Å²) in [6.45, 7) is 4.27. The SMILES string of the molecule is C=C(O)/C=C/CN(C)C1CC1. The molecule has 11 heavy (non-hydrogen) atoms. The Bertz CT molecular complexity index is 170. The van der Waals surface area contributed by atoms with Gasteiger partial charge in [0.15, 0.2) is 0 Å². The Morgan fingerprint density at radius 1 is 1.73 bits per heavy atom. The monoisotopic (exact) mass is 153 g/mol. The number of allylic oxidation sites excluding steroid dienone is 1. The van der Waals surface area contributed by atoms with Crippen molar-refractivity contribution in [2.45, 2.75) is 18.9 Å². The van der Waals surface area contributed by atoms with Gasteiger partial charge in [0, 0.05) is 12.6 Å². The van der Waals surface area contributed by atoms with Crippen LogP contribution in [0.1, 0.15) is 12.8 Å². The lowest BCUT2D eigenvalue weighted by Gasteiger charge is -2.11. The van der Waals surface area contributed by atoms with Gasteiger partial charge in [-0.15, -0.1) is 0 Å². The van der Waals surface area contributed by atoms with Crippen molar-refractivity contribution in [3.8, 4) is 0 Å². The average molecular weight is 153 g/mol. The summed E-state index contributed by atoms with van der Waals surface area (Å²) in [5.41, 5.74) is 0. The second-order valence-corrected chi connectivity index (χ2v) is 3.06. The van der Waals surface area contributed by atoms with Gasteiger partial charge in [-0.2, -0.15) is 0 Å². The number of hydrogen-bond donors (Lipinski definition) is 1. The molecule has 0 atom stereocenters. The molecule has 1 aliphatic carbocycles. The van der Waals surface area contributed by atoms with Crippen LogP contribution in [0.5, 0.6) is 0 Å². The van der Waals surface area contributed by atoms with Gasteiger partial charge in [-0.1, -0.05) is 12.7 Å². The number of aliphatic hydroxyl groups excluding tert-OH is 1. The van der Waals surface area contributed by atoms with Gasteiger partial charge in [0.05, 0.1) is 0 Å². The summed E-state index contributed by atoms with van der Waals surface area (Å²) in [4.78, 5) is 2.28. The molecule has 0 aromatic carbocycles. The molecule has 0 unspecified atom stereocenters. The van der Waals surface area contributed by atoms with Crippen LogP contribution >= 0.6 is 0 Å². The van der Waals surface area contributed by atoms with Crippen LogP contribution in [0, 0.1) is 0 Å². The minimum Gasteiger partial charge on any atom is -0.509 e. The van der Waals surface area contributed by atoms with Crippen LogP contribution < -0.4 is 0 Å². The molecule has 0 spiro atoms. The minimum atomic E-state index is 0.134. The fraction of sp³-hybridized carbons (Fsp3) is 0.556. The van der Waals surface area contributed by atoms with Gasteiger partial charge in [0.2, 0.25) is 0 Å². The van der Waals surface area contributed by atoms with Gasteiger partial charge in [-0.05, 0) is 26.0 Å². The summed E-state index contributed by atoms with van der Waals surface area (Å²) in [6.07, 6.45) is 6.22. The molecule has 62 valence electrons. The molecule has 2 heteroatoms. The summed E-state index contributed by atoms with van der Waals surface area (Å²) in [5.74, 6) is 0.134. The van der Waals surface area contributed by atoms with Crippen molar-refractivity contribution in [2.75, 3.05) is 13.6 Å². The molecule has 1 fully saturated rings. The van der Waals surface area contributed by atoms with E-state index < -0.39 is 0 Å². The molecule has 1 aliphatic rings. The fourth-order valence-electron chi connectivity index (χ4n) is 1.02. The second-order valence-electron chi connectivity index (χ2n) is 3.06. The van der Waals surface area contributed by atoms with Gasteiger partial charge in [-0.25, -0.2) is 0 Å². The van der Waals surface area contributed by atoms with E-state index in [0.29, 0.717) is 0 Å². The van der Waals surface area contributed by atoms with Crippen molar-refractivity contribution >= 4 is 0 Å². The smallest absolute Gasteiger partial charge is 0.108 e. The van der Waals surface area contributed by atoms with Crippen LogP contribution in [0.25, 0.3) is 0 Å². The third kappa shape index (κ3) is 3.23. The van der Waals surface area contributed by atoms with Crippen molar-refractivity contribution < 1.29 is 5.11 Å². The van der Waals surface area contributed by atoms with Gasteiger partial charge in [0.1, 0.15) is 5.76 Å². The van der Waals surface area contributed by atoms with Crippen LogP contribution in [-0.2, 0) is 0 Å². The van der Waals surface area contributed by atoms with E-state index in [0.717, 1.165) is 12.6 Å². The van der Waals surface area contributed by atoms with Crippen molar-refractivity contribution in [3.05, 3.63) is 24.5 Å². The molecule has 0 radical (unpaired) electrons. The summed E-state index contributed by atoms with van der Waals surface area (Å²) in [5, 5.41) is 8.72. The molecule has 0 saturated heterocycles. The molecule has 0 aliphatic heterocycles. The zero-order valence-electron chi connectivity index (χ0n) is 6.95. The topological polar surface area (TPSA) is 23.5 Å². The number of likely N-dealkylation sites (N-methyl/N-ethyl adjacent to an activating group) is 1. The quantitative estimate of drug-likeness (QED) is 0.491. The summed E-state index contributed by atoms with van der Waals surface area (Å²) >= 11 is 0. The first-order valence-corrected chi connectivity index (χ1v) is 3.95. The highest BCUT2D eigenvalue weighted by Gasteiger charge is 2.24. The zero-order chi connectivity index (χ0) is 8.27. The average Bonchev–Trinajstić information content (AvgIpc) is 2.66. The van der Waals surface area contributed by atoms with Crippen LogP contribution in [-0.4, -0.2) is 29.6 Å². The maximum absolute atomic E-state index is 8.72. The molecule has 2 nitrogen and oxygen atoms in total. The highest BCUT2D eigenvalue weighted by Crippen LogP contribution is 2.24. The zero-order valence-corrected chi connectivity index (χ0v) is 6.95. The van der Waals surface area contributed by atoms with Gasteiger partial charge >= 0.3 is 0 Å². The predicted octanol–water partition coefficient (Wildman–Crippen LogP) is 1.71. The lowest BCUT2D eigenvalue weighted by molar-refractivity contribution is 0.359.